The van der Waals surface area contributed by atoms with Crippen molar-refractivity contribution in [3.05, 3.63) is 91.0 Å². The summed E-state index contributed by atoms with van der Waals surface area (Å²) < 4.78 is 49.8. The minimum atomic E-state index is -5.44. The maximum Gasteiger partial charge on any atom is 0.392 e. The molecule has 28 heavy (non-hydrogen) atoms. The Labute approximate surface area is 165 Å². The van der Waals surface area contributed by atoms with Gasteiger partial charge in [0.2, 0.25) is 0 Å². The number of alkyl halides is 2. The van der Waals surface area contributed by atoms with Gasteiger partial charge in [0.25, 0.3) is 0 Å². The van der Waals surface area contributed by atoms with Crippen molar-refractivity contribution < 1.29 is 26.9 Å². The quantitative estimate of drug-likeness (QED) is 0.474. The highest BCUT2D eigenvalue weighted by Crippen LogP contribution is 2.30. The number of benzene rings is 3. The molecule has 0 bridgehead atoms. The van der Waals surface area contributed by atoms with Crippen molar-refractivity contribution in [1.29, 1.82) is 0 Å². The molecule has 0 saturated carbocycles. The van der Waals surface area contributed by atoms with Gasteiger partial charge < -0.3 is 5.11 Å². The van der Waals surface area contributed by atoms with E-state index in [2.05, 4.69) is 91.0 Å². The van der Waals surface area contributed by atoms with Gasteiger partial charge in [0.15, 0.2) is 14.7 Å². The van der Waals surface area contributed by atoms with E-state index >= 15 is 0 Å². The van der Waals surface area contributed by atoms with Crippen molar-refractivity contribution in [3.8, 4) is 0 Å². The molecular weight excluding hydrogens is 406 g/mol. The zero-order valence-corrected chi connectivity index (χ0v) is 16.3. The second-order valence-corrected chi connectivity index (χ2v) is 9.09. The molecule has 0 saturated heterocycles. The third-order valence-corrected chi connectivity index (χ3v) is 6.61. The van der Waals surface area contributed by atoms with E-state index in [1.54, 1.807) is 0 Å². The average Bonchev–Trinajstić information content (AvgIpc) is 2.70. The summed E-state index contributed by atoms with van der Waals surface area (Å²) in [5.41, 5.74) is 0. The highest BCUT2D eigenvalue weighted by atomic mass is 32.2. The van der Waals surface area contributed by atoms with E-state index in [-0.39, 0.29) is 10.9 Å². The number of aliphatic hydroxyl groups excluding tert-OH is 1. The largest absolute Gasteiger partial charge is 0.392 e. The molecule has 0 aromatic heterocycles. The van der Waals surface area contributed by atoms with E-state index in [4.69, 9.17) is 9.66 Å². The molecule has 0 aliphatic carbocycles. The molecule has 0 radical (unpaired) electrons. The van der Waals surface area contributed by atoms with E-state index in [1.165, 1.54) is 14.7 Å². The van der Waals surface area contributed by atoms with Crippen molar-refractivity contribution in [1.82, 2.24) is 0 Å². The van der Waals surface area contributed by atoms with Crippen LogP contribution in [0.5, 0.6) is 0 Å². The Morgan fingerprint density at radius 3 is 1.18 bits per heavy atom. The lowest BCUT2D eigenvalue weighted by Crippen LogP contribution is -2.31. The van der Waals surface area contributed by atoms with Crippen LogP contribution in [-0.4, -0.2) is 29.9 Å². The third-order valence-electron chi connectivity index (χ3n) is 3.50. The molecule has 0 atom stereocenters. The monoisotopic (exact) mass is 425 g/mol. The molecule has 0 fully saturated rings. The highest BCUT2D eigenvalue weighted by molar-refractivity contribution is 7.97. The number of hydrogen-bond acceptors (Lipinski definition) is 3. The standard InChI is InChI=1S/C18H15S.C2H4F2O4S/c1-4-10-16(11-5-1)19(17-12-6-2-7-13-17)18-14-8-3-9-15-18;3-2(4,1-5)9(6,7)8/h1-15H;5H,1H2,(H,6,7,8)/q+1;. The van der Waals surface area contributed by atoms with Gasteiger partial charge in [-0.15, -0.1) is 0 Å². The number of aliphatic hydroxyl groups is 1. The lowest BCUT2D eigenvalue weighted by atomic mass is 10.4. The van der Waals surface area contributed by atoms with Crippen LogP contribution in [-0.2, 0) is 21.0 Å². The second-order valence-electron chi connectivity index (χ2n) is 5.52. The minimum absolute atomic E-state index is 0.0146. The zero-order chi connectivity index (χ0) is 20.6. The van der Waals surface area contributed by atoms with Crippen molar-refractivity contribution in [2.75, 3.05) is 6.61 Å². The summed E-state index contributed by atoms with van der Waals surface area (Å²) in [6, 6.07) is 32.2. The SMILES string of the molecule is O=S(=O)(O)C(F)(F)CO.c1ccc([S+](c2ccccc2)c2ccccc2)cc1. The lowest BCUT2D eigenvalue weighted by molar-refractivity contribution is 0.0187. The molecule has 8 heteroatoms. The van der Waals surface area contributed by atoms with Crippen molar-refractivity contribution in [2.45, 2.75) is 19.9 Å². The molecule has 4 nitrogen and oxygen atoms in total. The molecule has 0 aliphatic rings. The molecule has 0 unspecified atom stereocenters. The van der Waals surface area contributed by atoms with Crippen LogP contribution in [0, 0.1) is 0 Å². The molecule has 3 rings (SSSR count). The predicted octanol–water partition coefficient (Wildman–Crippen LogP) is 4.24. The smallest absolute Gasteiger partial charge is 0.389 e. The van der Waals surface area contributed by atoms with Crippen LogP contribution in [0.25, 0.3) is 0 Å². The van der Waals surface area contributed by atoms with Crippen LogP contribution in [0.1, 0.15) is 0 Å². The topological polar surface area (TPSA) is 74.6 Å². The first kappa shape index (κ1) is 22.0. The fourth-order valence-electron chi connectivity index (χ4n) is 2.16. The first-order valence-corrected chi connectivity index (χ1v) is 10.8. The molecule has 0 spiro atoms. The maximum absolute atomic E-state index is 11.6. The van der Waals surface area contributed by atoms with Crippen LogP contribution in [0.3, 0.4) is 0 Å². The summed E-state index contributed by atoms with van der Waals surface area (Å²) in [5, 5.41) is 3.20. The van der Waals surface area contributed by atoms with E-state index < -0.39 is 22.0 Å². The summed E-state index contributed by atoms with van der Waals surface area (Å²) in [6.07, 6.45) is 0. The van der Waals surface area contributed by atoms with Crippen LogP contribution >= 0.6 is 0 Å². The van der Waals surface area contributed by atoms with E-state index in [0.717, 1.165) is 0 Å². The fraction of sp³-hybridized carbons (Fsp3) is 0.100. The van der Waals surface area contributed by atoms with E-state index in [1.807, 2.05) is 0 Å². The van der Waals surface area contributed by atoms with Crippen molar-refractivity contribution in [3.63, 3.8) is 0 Å². The molecule has 2 N–H and O–H groups in total. The first-order valence-electron chi connectivity index (χ1n) is 8.11. The van der Waals surface area contributed by atoms with E-state index in [9.17, 15) is 17.2 Å². The van der Waals surface area contributed by atoms with Gasteiger partial charge in [0, 0.05) is 0 Å². The second kappa shape index (κ2) is 9.79. The van der Waals surface area contributed by atoms with Gasteiger partial charge in [-0.3, -0.25) is 4.55 Å². The minimum Gasteiger partial charge on any atom is -0.389 e. The van der Waals surface area contributed by atoms with Crippen LogP contribution in [0.2, 0.25) is 0 Å². The Morgan fingerprint density at radius 2 is 1.00 bits per heavy atom. The Hall–Kier alpha value is -2.26. The predicted molar refractivity (Wildman–Crippen MR) is 105 cm³/mol. The maximum atomic E-state index is 11.6. The summed E-state index contributed by atoms with van der Waals surface area (Å²) >= 11 is 0. The van der Waals surface area contributed by atoms with E-state index in [0.29, 0.717) is 0 Å². The van der Waals surface area contributed by atoms with Crippen LogP contribution in [0.4, 0.5) is 8.78 Å². The zero-order valence-electron chi connectivity index (χ0n) is 14.7. The molecule has 0 aliphatic heterocycles. The Balaban J connectivity index is 0.000000266. The first-order chi connectivity index (χ1) is 13.3. The molecule has 0 amide bonds. The average molecular weight is 425 g/mol. The molecule has 0 heterocycles. The lowest BCUT2D eigenvalue weighted by Gasteiger charge is -2.07. The van der Waals surface area contributed by atoms with Crippen LogP contribution in [0.15, 0.2) is 106 Å². The summed E-state index contributed by atoms with van der Waals surface area (Å²) in [5.74, 6) is 0. The fourth-order valence-corrected chi connectivity index (χ4v) is 4.43. The Bertz CT molecular complexity index is 857. The number of halogens is 2. The number of rotatable bonds is 5. The molecule has 3 aromatic rings. The summed E-state index contributed by atoms with van der Waals surface area (Å²) in [6.45, 7) is -1.91. The highest BCUT2D eigenvalue weighted by Gasteiger charge is 2.43. The normalized spacial score (nSPS) is 11.6. The van der Waals surface area contributed by atoms with Gasteiger partial charge in [-0.25, -0.2) is 0 Å². The summed E-state index contributed by atoms with van der Waals surface area (Å²) in [7, 11) is -5.45. The van der Waals surface area contributed by atoms with Crippen molar-refractivity contribution >= 4 is 21.0 Å². The van der Waals surface area contributed by atoms with Crippen molar-refractivity contribution in [2.24, 2.45) is 0 Å². The van der Waals surface area contributed by atoms with Gasteiger partial charge in [-0.05, 0) is 36.4 Å². The van der Waals surface area contributed by atoms with Gasteiger partial charge >= 0.3 is 15.4 Å². The Kier molecular flexibility index (Phi) is 7.70. The van der Waals surface area contributed by atoms with Gasteiger partial charge in [0.05, 0.1) is 10.9 Å². The molecular formula is C20H19F2O4S2+. The van der Waals surface area contributed by atoms with Gasteiger partial charge in [-0.2, -0.15) is 17.2 Å². The van der Waals surface area contributed by atoms with Gasteiger partial charge in [0.1, 0.15) is 6.61 Å². The Morgan fingerprint density at radius 1 is 0.714 bits per heavy atom. The molecule has 148 valence electrons. The molecule has 3 aromatic carbocycles. The number of hydrogen-bond donors (Lipinski definition) is 2. The third kappa shape index (κ3) is 5.87. The van der Waals surface area contributed by atoms with Gasteiger partial charge in [-0.1, -0.05) is 54.6 Å². The van der Waals surface area contributed by atoms with Crippen LogP contribution < -0.4 is 0 Å². The summed E-state index contributed by atoms with van der Waals surface area (Å²) in [4.78, 5) is 4.08.